The van der Waals surface area contributed by atoms with Crippen molar-refractivity contribution < 1.29 is 18.4 Å². The van der Waals surface area contributed by atoms with Crippen LogP contribution in [0.5, 0.6) is 5.75 Å². The average Bonchev–Trinajstić information content (AvgIpc) is 2.46. The molecule has 1 N–H and O–H groups in total. The van der Waals surface area contributed by atoms with Gasteiger partial charge in [0.15, 0.2) is 4.90 Å². The number of phenolic OH excluding ortho intramolecular Hbond substituents is 1. The number of hydrogen-bond donors (Lipinski definition) is 1. The first kappa shape index (κ1) is 15.8. The van der Waals surface area contributed by atoms with E-state index in [1.807, 2.05) is 0 Å². The van der Waals surface area contributed by atoms with Crippen LogP contribution in [0.3, 0.4) is 0 Å². The number of sulfonamides is 1. The predicted octanol–water partition coefficient (Wildman–Crippen LogP) is 2.43. The highest BCUT2D eigenvalue weighted by atomic mass is 32.2. The molecule has 0 heterocycles. The third kappa shape index (κ3) is 2.86. The standard InChI is InChI=1S/C14H14N2O5S/c1-10-3-8-14(13(9-10)16(18)19)22(20,21)15(2)11-4-6-12(17)7-5-11/h3-9,17H,1-2H3. The molecule has 0 unspecified atom stereocenters. The summed E-state index contributed by atoms with van der Waals surface area (Å²) in [4.78, 5) is 10.0. The Morgan fingerprint density at radius 2 is 1.73 bits per heavy atom. The summed E-state index contributed by atoms with van der Waals surface area (Å²) in [5, 5.41) is 20.4. The van der Waals surface area contributed by atoms with Gasteiger partial charge in [-0.05, 0) is 42.8 Å². The van der Waals surface area contributed by atoms with E-state index in [4.69, 9.17) is 0 Å². The lowest BCUT2D eigenvalue weighted by Gasteiger charge is -2.19. The number of anilines is 1. The number of nitro groups is 1. The van der Waals surface area contributed by atoms with Crippen LogP contribution in [0.4, 0.5) is 11.4 Å². The van der Waals surface area contributed by atoms with Gasteiger partial charge >= 0.3 is 0 Å². The molecule has 0 spiro atoms. The number of phenols is 1. The van der Waals surface area contributed by atoms with Gasteiger partial charge in [0.2, 0.25) is 0 Å². The molecule has 0 bridgehead atoms. The molecule has 0 aromatic heterocycles. The minimum atomic E-state index is -4.09. The van der Waals surface area contributed by atoms with E-state index in [1.165, 1.54) is 49.5 Å². The third-order valence-corrected chi connectivity index (χ3v) is 5.00. The van der Waals surface area contributed by atoms with Crippen molar-refractivity contribution in [3.05, 3.63) is 58.1 Å². The summed E-state index contributed by atoms with van der Waals surface area (Å²) < 4.78 is 26.2. The molecule has 2 rings (SSSR count). The minimum absolute atomic E-state index is 0.00383. The third-order valence-electron chi connectivity index (χ3n) is 3.16. The van der Waals surface area contributed by atoms with Gasteiger partial charge in [-0.1, -0.05) is 6.07 Å². The molecular formula is C14H14N2O5S. The molecule has 2 aromatic rings. The summed E-state index contributed by atoms with van der Waals surface area (Å²) in [6, 6.07) is 9.44. The monoisotopic (exact) mass is 322 g/mol. The highest BCUT2D eigenvalue weighted by molar-refractivity contribution is 7.93. The molecule has 0 radical (unpaired) electrons. The second-order valence-electron chi connectivity index (χ2n) is 4.72. The van der Waals surface area contributed by atoms with Gasteiger partial charge in [-0.15, -0.1) is 0 Å². The summed E-state index contributed by atoms with van der Waals surface area (Å²) in [6.45, 7) is 1.65. The Morgan fingerprint density at radius 3 is 2.27 bits per heavy atom. The zero-order valence-corrected chi connectivity index (χ0v) is 12.7. The fourth-order valence-electron chi connectivity index (χ4n) is 1.94. The van der Waals surface area contributed by atoms with Gasteiger partial charge in [0.1, 0.15) is 5.75 Å². The Kier molecular flexibility index (Phi) is 4.05. The summed E-state index contributed by atoms with van der Waals surface area (Å²) in [6.07, 6.45) is 0. The maximum absolute atomic E-state index is 12.6. The lowest BCUT2D eigenvalue weighted by Crippen LogP contribution is -2.27. The van der Waals surface area contributed by atoms with Crippen molar-refractivity contribution in [2.45, 2.75) is 11.8 Å². The van der Waals surface area contributed by atoms with Crippen molar-refractivity contribution in [2.24, 2.45) is 0 Å². The second-order valence-corrected chi connectivity index (χ2v) is 6.65. The van der Waals surface area contributed by atoms with Crippen LogP contribution < -0.4 is 4.31 Å². The van der Waals surface area contributed by atoms with Gasteiger partial charge in [0.25, 0.3) is 15.7 Å². The molecule has 2 aromatic carbocycles. The summed E-state index contributed by atoms with van der Waals surface area (Å²) in [5.41, 5.74) is 0.413. The first-order chi connectivity index (χ1) is 10.2. The molecule has 22 heavy (non-hydrogen) atoms. The van der Waals surface area contributed by atoms with Crippen LogP contribution in [0.15, 0.2) is 47.4 Å². The van der Waals surface area contributed by atoms with Crippen molar-refractivity contribution in [3.8, 4) is 5.75 Å². The summed E-state index contributed by atoms with van der Waals surface area (Å²) >= 11 is 0. The van der Waals surface area contributed by atoms with Crippen LogP contribution >= 0.6 is 0 Å². The lowest BCUT2D eigenvalue weighted by atomic mass is 10.2. The van der Waals surface area contributed by atoms with E-state index >= 15 is 0 Å². The van der Waals surface area contributed by atoms with E-state index in [-0.39, 0.29) is 16.3 Å². The maximum atomic E-state index is 12.6. The highest BCUT2D eigenvalue weighted by Gasteiger charge is 2.29. The minimum Gasteiger partial charge on any atom is -0.508 e. The van der Waals surface area contributed by atoms with Crippen LogP contribution in [0.25, 0.3) is 0 Å². The number of aromatic hydroxyl groups is 1. The smallest absolute Gasteiger partial charge is 0.290 e. The van der Waals surface area contributed by atoms with Gasteiger partial charge in [-0.25, -0.2) is 8.42 Å². The maximum Gasteiger partial charge on any atom is 0.290 e. The number of nitrogens with zero attached hydrogens (tertiary/aromatic N) is 2. The molecule has 0 aliphatic carbocycles. The molecule has 0 fully saturated rings. The fraction of sp³-hybridized carbons (Fsp3) is 0.143. The van der Waals surface area contributed by atoms with Crippen molar-refractivity contribution in [1.82, 2.24) is 0 Å². The van der Waals surface area contributed by atoms with Gasteiger partial charge in [-0.2, -0.15) is 0 Å². The van der Waals surface area contributed by atoms with E-state index in [0.717, 1.165) is 4.31 Å². The Hall–Kier alpha value is -2.61. The van der Waals surface area contributed by atoms with Crippen LogP contribution in [-0.4, -0.2) is 25.5 Å². The molecular weight excluding hydrogens is 308 g/mol. The molecule has 116 valence electrons. The molecule has 0 saturated carbocycles. The van der Waals surface area contributed by atoms with Crippen molar-refractivity contribution in [2.75, 3.05) is 11.4 Å². The predicted molar refractivity (Wildman–Crippen MR) is 81.5 cm³/mol. The Morgan fingerprint density at radius 1 is 1.14 bits per heavy atom. The van der Waals surface area contributed by atoms with Gasteiger partial charge in [0.05, 0.1) is 10.6 Å². The van der Waals surface area contributed by atoms with Crippen molar-refractivity contribution >= 4 is 21.4 Å². The second kappa shape index (κ2) is 5.64. The van der Waals surface area contributed by atoms with Crippen LogP contribution in [0.1, 0.15) is 5.56 Å². The Bertz CT molecular complexity index is 816. The molecule has 0 aliphatic rings. The van der Waals surface area contributed by atoms with Crippen molar-refractivity contribution in [3.63, 3.8) is 0 Å². The van der Waals surface area contributed by atoms with Crippen LogP contribution in [0, 0.1) is 17.0 Å². The first-order valence-corrected chi connectivity index (χ1v) is 7.70. The summed E-state index contributed by atoms with van der Waals surface area (Å²) in [5.74, 6) is -0.00383. The summed E-state index contributed by atoms with van der Waals surface area (Å²) in [7, 11) is -2.79. The van der Waals surface area contributed by atoms with Crippen molar-refractivity contribution in [1.29, 1.82) is 0 Å². The van der Waals surface area contributed by atoms with Crippen LogP contribution in [-0.2, 0) is 10.0 Å². The Labute approximate surface area is 127 Å². The number of hydrogen-bond acceptors (Lipinski definition) is 5. The molecule has 0 atom stereocenters. The number of aryl methyl sites for hydroxylation is 1. The van der Waals surface area contributed by atoms with Gasteiger partial charge in [-0.3, -0.25) is 14.4 Å². The normalized spacial score (nSPS) is 11.2. The zero-order valence-electron chi connectivity index (χ0n) is 11.9. The topological polar surface area (TPSA) is 101 Å². The average molecular weight is 322 g/mol. The quantitative estimate of drug-likeness (QED) is 0.688. The van der Waals surface area contributed by atoms with E-state index in [9.17, 15) is 23.6 Å². The van der Waals surface area contributed by atoms with Gasteiger partial charge in [0, 0.05) is 13.1 Å². The number of nitro benzene ring substituents is 1. The molecule has 7 nitrogen and oxygen atoms in total. The van der Waals surface area contributed by atoms with Gasteiger partial charge < -0.3 is 5.11 Å². The van der Waals surface area contributed by atoms with E-state index in [1.54, 1.807) is 6.92 Å². The lowest BCUT2D eigenvalue weighted by molar-refractivity contribution is -0.387. The number of rotatable bonds is 4. The SMILES string of the molecule is Cc1ccc(S(=O)(=O)N(C)c2ccc(O)cc2)c([N+](=O)[O-])c1. The van der Waals surface area contributed by atoms with Crippen LogP contribution in [0.2, 0.25) is 0 Å². The fourth-order valence-corrected chi connectivity index (χ4v) is 3.27. The Balaban J connectivity index is 2.55. The molecule has 0 saturated heterocycles. The molecule has 0 aliphatic heterocycles. The highest BCUT2D eigenvalue weighted by Crippen LogP contribution is 2.30. The zero-order chi connectivity index (χ0) is 16.5. The van der Waals surface area contributed by atoms with E-state index < -0.39 is 20.6 Å². The largest absolute Gasteiger partial charge is 0.508 e. The molecule has 0 amide bonds. The van der Waals surface area contributed by atoms with E-state index in [2.05, 4.69) is 0 Å². The van der Waals surface area contributed by atoms with E-state index in [0.29, 0.717) is 5.56 Å². The number of benzene rings is 2. The first-order valence-electron chi connectivity index (χ1n) is 6.26. The molecule has 8 heteroatoms.